The van der Waals surface area contributed by atoms with Crippen molar-refractivity contribution in [1.29, 1.82) is 0 Å². The number of carbonyl (C=O) groups excluding carboxylic acids is 1. The number of carbonyl (C=O) groups is 1. The van der Waals surface area contributed by atoms with Crippen molar-refractivity contribution in [1.82, 2.24) is 15.5 Å². The second kappa shape index (κ2) is 11.8. The van der Waals surface area contributed by atoms with E-state index in [1.807, 2.05) is 56.6 Å². The smallest absolute Gasteiger partial charge is 0.314 e. The average Bonchev–Trinajstić information content (AvgIpc) is 2.71. The Labute approximate surface area is 168 Å². The summed E-state index contributed by atoms with van der Waals surface area (Å²) < 4.78 is 5.47. The molecule has 0 radical (unpaired) electrons. The Morgan fingerprint density at radius 3 is 2.43 bits per heavy atom. The van der Waals surface area contributed by atoms with Crippen LogP contribution in [0.3, 0.4) is 0 Å². The van der Waals surface area contributed by atoms with Gasteiger partial charge in [0.05, 0.1) is 0 Å². The van der Waals surface area contributed by atoms with Crippen LogP contribution in [0.25, 0.3) is 0 Å². The van der Waals surface area contributed by atoms with Crippen LogP contribution in [0.1, 0.15) is 11.1 Å². The summed E-state index contributed by atoms with van der Waals surface area (Å²) in [6.07, 6.45) is 3.39. The molecule has 2 amide bonds. The van der Waals surface area contributed by atoms with E-state index in [-0.39, 0.29) is 12.1 Å². The first-order chi connectivity index (χ1) is 13.6. The van der Waals surface area contributed by atoms with Crippen molar-refractivity contribution in [3.63, 3.8) is 0 Å². The van der Waals surface area contributed by atoms with Gasteiger partial charge >= 0.3 is 6.03 Å². The summed E-state index contributed by atoms with van der Waals surface area (Å²) in [6.45, 7) is 5.32. The maximum atomic E-state index is 12.1. The number of amides is 2. The first-order valence-corrected chi connectivity index (χ1v) is 9.63. The molecule has 1 unspecified atom stereocenters. The summed E-state index contributed by atoms with van der Waals surface area (Å²) in [5.41, 5.74) is 2.42. The minimum Gasteiger partial charge on any atom is -0.490 e. The molecule has 0 saturated heterocycles. The van der Waals surface area contributed by atoms with Crippen molar-refractivity contribution in [2.45, 2.75) is 18.9 Å². The van der Waals surface area contributed by atoms with Crippen molar-refractivity contribution in [2.24, 2.45) is 0 Å². The minimum absolute atomic E-state index is 0.133. The Balaban J connectivity index is 1.70. The van der Waals surface area contributed by atoms with Crippen LogP contribution in [0.15, 0.2) is 67.3 Å². The van der Waals surface area contributed by atoms with E-state index < -0.39 is 0 Å². The first-order valence-electron chi connectivity index (χ1n) is 9.63. The molecule has 2 rings (SSSR count). The monoisotopic (exact) mass is 381 g/mol. The fourth-order valence-corrected chi connectivity index (χ4v) is 2.82. The molecule has 0 heterocycles. The Morgan fingerprint density at radius 2 is 1.79 bits per heavy atom. The summed E-state index contributed by atoms with van der Waals surface area (Å²) in [4.78, 5) is 14.3. The summed E-state index contributed by atoms with van der Waals surface area (Å²) in [5, 5.41) is 5.91. The first kappa shape index (κ1) is 21.5. The molecule has 0 bridgehead atoms. The van der Waals surface area contributed by atoms with Crippen molar-refractivity contribution in [2.75, 3.05) is 33.8 Å². The van der Waals surface area contributed by atoms with Gasteiger partial charge in [-0.2, -0.15) is 0 Å². The lowest BCUT2D eigenvalue weighted by Crippen LogP contribution is -2.45. The molecule has 28 heavy (non-hydrogen) atoms. The third-order valence-corrected chi connectivity index (χ3v) is 4.53. The molecular weight excluding hydrogens is 350 g/mol. The highest BCUT2D eigenvalue weighted by atomic mass is 16.5. The van der Waals surface area contributed by atoms with Crippen LogP contribution in [0.2, 0.25) is 0 Å². The Morgan fingerprint density at radius 1 is 1.07 bits per heavy atom. The third-order valence-electron chi connectivity index (χ3n) is 4.53. The number of benzene rings is 2. The lowest BCUT2D eigenvalue weighted by Gasteiger charge is -2.25. The SMILES string of the molecule is C=CCOc1ccc(CCNC(=O)NCC(Cc2ccccc2)N(C)C)cc1. The summed E-state index contributed by atoms with van der Waals surface area (Å²) in [6, 6.07) is 18.3. The summed E-state index contributed by atoms with van der Waals surface area (Å²) in [7, 11) is 4.07. The number of rotatable bonds is 11. The maximum absolute atomic E-state index is 12.1. The molecule has 2 aromatic rings. The zero-order chi connectivity index (χ0) is 20.2. The normalized spacial score (nSPS) is 11.7. The number of nitrogens with one attached hydrogen (secondary N) is 2. The van der Waals surface area contributed by atoms with Crippen LogP contribution in [0.5, 0.6) is 5.75 Å². The number of ether oxygens (including phenoxy) is 1. The van der Waals surface area contributed by atoms with Crippen LogP contribution in [0, 0.1) is 0 Å². The molecular formula is C23H31N3O2. The molecule has 0 fully saturated rings. The molecule has 0 aliphatic heterocycles. The fraction of sp³-hybridized carbons (Fsp3) is 0.348. The number of likely N-dealkylation sites (N-methyl/N-ethyl adjacent to an activating group) is 1. The van der Waals surface area contributed by atoms with Gasteiger partial charge in [-0.05, 0) is 50.2 Å². The van der Waals surface area contributed by atoms with E-state index in [9.17, 15) is 4.79 Å². The predicted molar refractivity (Wildman–Crippen MR) is 115 cm³/mol. The van der Waals surface area contributed by atoms with E-state index in [0.717, 1.165) is 24.2 Å². The Hall–Kier alpha value is -2.79. The molecule has 0 aliphatic carbocycles. The molecule has 2 N–H and O–H groups in total. The highest BCUT2D eigenvalue weighted by Gasteiger charge is 2.13. The largest absolute Gasteiger partial charge is 0.490 e. The standard InChI is InChI=1S/C23H31N3O2/c1-4-16-28-22-12-10-19(11-13-22)14-15-24-23(27)25-18-21(26(2)3)17-20-8-6-5-7-9-20/h4-13,21H,1,14-18H2,2-3H3,(H2,24,25,27). The lowest BCUT2D eigenvalue weighted by atomic mass is 10.1. The van der Waals surface area contributed by atoms with E-state index >= 15 is 0 Å². The van der Waals surface area contributed by atoms with Crippen LogP contribution in [-0.4, -0.2) is 50.8 Å². The van der Waals surface area contributed by atoms with Gasteiger partial charge in [0.1, 0.15) is 12.4 Å². The molecule has 0 aliphatic rings. The number of nitrogens with zero attached hydrogens (tertiary/aromatic N) is 1. The van der Waals surface area contributed by atoms with Gasteiger partial charge in [0, 0.05) is 19.1 Å². The molecule has 0 spiro atoms. The lowest BCUT2D eigenvalue weighted by molar-refractivity contribution is 0.232. The van der Waals surface area contributed by atoms with Gasteiger partial charge in [-0.1, -0.05) is 55.1 Å². The highest BCUT2D eigenvalue weighted by Crippen LogP contribution is 2.12. The van der Waals surface area contributed by atoms with E-state index in [4.69, 9.17) is 4.74 Å². The number of urea groups is 1. The Bertz CT molecular complexity index is 714. The fourth-order valence-electron chi connectivity index (χ4n) is 2.82. The van der Waals surface area contributed by atoms with Crippen LogP contribution >= 0.6 is 0 Å². The molecule has 5 heteroatoms. The molecule has 2 aromatic carbocycles. The van der Waals surface area contributed by atoms with Crippen LogP contribution < -0.4 is 15.4 Å². The summed E-state index contributed by atoms with van der Waals surface area (Å²) in [5.74, 6) is 0.822. The van der Waals surface area contributed by atoms with Gasteiger partial charge in [-0.15, -0.1) is 0 Å². The van der Waals surface area contributed by atoms with Gasteiger partial charge in [-0.25, -0.2) is 4.79 Å². The Kier molecular flexibility index (Phi) is 9.08. The van der Waals surface area contributed by atoms with Gasteiger partial charge in [0.25, 0.3) is 0 Å². The number of hydrogen-bond acceptors (Lipinski definition) is 3. The van der Waals surface area contributed by atoms with E-state index in [2.05, 4.69) is 34.2 Å². The van der Waals surface area contributed by atoms with Gasteiger partial charge < -0.3 is 20.3 Å². The molecule has 1 atom stereocenters. The second-order valence-corrected chi connectivity index (χ2v) is 6.94. The minimum atomic E-state index is -0.133. The van der Waals surface area contributed by atoms with Gasteiger partial charge in [-0.3, -0.25) is 0 Å². The van der Waals surface area contributed by atoms with Crippen LogP contribution in [0.4, 0.5) is 4.79 Å². The van der Waals surface area contributed by atoms with Crippen molar-refractivity contribution in [3.05, 3.63) is 78.4 Å². The zero-order valence-electron chi connectivity index (χ0n) is 16.9. The van der Waals surface area contributed by atoms with Gasteiger partial charge in [0.15, 0.2) is 0 Å². The number of hydrogen-bond donors (Lipinski definition) is 2. The molecule has 5 nitrogen and oxygen atoms in total. The van der Waals surface area contributed by atoms with E-state index in [0.29, 0.717) is 19.7 Å². The van der Waals surface area contributed by atoms with Crippen molar-refractivity contribution in [3.8, 4) is 5.75 Å². The van der Waals surface area contributed by atoms with Crippen molar-refractivity contribution < 1.29 is 9.53 Å². The quantitative estimate of drug-likeness (QED) is 0.588. The third kappa shape index (κ3) is 7.84. The van der Waals surface area contributed by atoms with Crippen molar-refractivity contribution >= 4 is 6.03 Å². The van der Waals surface area contributed by atoms with E-state index in [1.165, 1.54) is 5.56 Å². The topological polar surface area (TPSA) is 53.6 Å². The van der Waals surface area contributed by atoms with Crippen LogP contribution in [-0.2, 0) is 12.8 Å². The average molecular weight is 382 g/mol. The van der Waals surface area contributed by atoms with Gasteiger partial charge in [0.2, 0.25) is 0 Å². The molecule has 150 valence electrons. The zero-order valence-corrected chi connectivity index (χ0v) is 16.9. The maximum Gasteiger partial charge on any atom is 0.314 e. The molecule has 0 saturated carbocycles. The second-order valence-electron chi connectivity index (χ2n) is 6.94. The molecule has 0 aromatic heterocycles. The van der Waals surface area contributed by atoms with E-state index in [1.54, 1.807) is 6.08 Å². The predicted octanol–water partition coefficient (Wildman–Crippen LogP) is 3.27. The summed E-state index contributed by atoms with van der Waals surface area (Å²) >= 11 is 0. The highest BCUT2D eigenvalue weighted by molar-refractivity contribution is 5.73.